The molecule has 1 saturated carbocycles. The first kappa shape index (κ1) is 12.0. The lowest BCUT2D eigenvalue weighted by Gasteiger charge is -2.33. The average molecular weight is 267 g/mol. The van der Waals surface area contributed by atoms with Gasteiger partial charge in [0.25, 0.3) is 0 Å². The first-order valence-corrected chi connectivity index (χ1v) is 7.50. The fraction of sp³-hybridized carbons (Fsp3) is 0.471. The summed E-state index contributed by atoms with van der Waals surface area (Å²) < 4.78 is 2.35. The topological polar surface area (TPSA) is 25.2 Å². The fourth-order valence-corrected chi connectivity index (χ4v) is 3.31. The Labute approximate surface area is 119 Å². The second kappa shape index (κ2) is 4.37. The van der Waals surface area contributed by atoms with Crippen LogP contribution in [0.25, 0.3) is 10.9 Å². The molecular weight excluding hydrogens is 248 g/mol. The number of hydrogen-bond donors (Lipinski definition) is 0. The summed E-state index contributed by atoms with van der Waals surface area (Å²) in [6, 6.07) is 12.2. The van der Waals surface area contributed by atoms with E-state index in [-0.39, 0.29) is 0 Å². The zero-order valence-electron chi connectivity index (χ0n) is 11.8. The molecule has 1 aromatic heterocycles. The number of para-hydroxylation sites is 1. The van der Waals surface area contributed by atoms with Crippen LogP contribution in [-0.2, 0) is 17.8 Å². The van der Waals surface area contributed by atoms with Crippen molar-refractivity contribution in [1.29, 1.82) is 0 Å². The molecule has 2 heterocycles. The number of rotatable bonds is 2. The fourth-order valence-electron chi connectivity index (χ4n) is 3.31. The van der Waals surface area contributed by atoms with Crippen LogP contribution in [-0.4, -0.2) is 28.5 Å². The van der Waals surface area contributed by atoms with E-state index in [1.807, 2.05) is 11.9 Å². The van der Waals surface area contributed by atoms with Crippen molar-refractivity contribution in [1.82, 2.24) is 9.47 Å². The van der Waals surface area contributed by atoms with Crippen LogP contribution in [0.1, 0.15) is 25.0 Å². The maximum atomic E-state index is 12.2. The van der Waals surface area contributed by atoms with Crippen molar-refractivity contribution in [2.45, 2.75) is 38.3 Å². The Morgan fingerprint density at radius 2 is 2.10 bits per heavy atom. The Bertz CT molecular complexity index is 669. The van der Waals surface area contributed by atoms with Gasteiger partial charge < -0.3 is 9.47 Å². The van der Waals surface area contributed by atoms with Crippen LogP contribution in [0.2, 0.25) is 0 Å². The lowest BCUT2D eigenvalue weighted by Crippen LogP contribution is -2.43. The van der Waals surface area contributed by atoms with Crippen molar-refractivity contribution in [3.05, 3.63) is 36.0 Å². The summed E-state index contributed by atoms with van der Waals surface area (Å²) in [4.78, 5) is 14.2. The summed E-state index contributed by atoms with van der Waals surface area (Å²) in [6.45, 7) is 0.911. The van der Waals surface area contributed by atoms with Gasteiger partial charge in [0.15, 0.2) is 0 Å². The van der Waals surface area contributed by atoms with E-state index in [4.69, 9.17) is 0 Å². The van der Waals surface area contributed by atoms with Crippen LogP contribution >= 0.6 is 0 Å². The molecule has 0 spiro atoms. The van der Waals surface area contributed by atoms with Crippen molar-refractivity contribution < 1.29 is 4.79 Å². The molecule has 0 unspecified atom stereocenters. The molecule has 1 aromatic carbocycles. The largest absolute Gasteiger partial charge is 0.342 e. The van der Waals surface area contributed by atoms with Crippen molar-refractivity contribution in [3.63, 3.8) is 0 Å². The lowest BCUT2D eigenvalue weighted by atomic mass is 10.0. The predicted molar refractivity (Wildman–Crippen MR) is 78.4 cm³/mol. The van der Waals surface area contributed by atoms with Gasteiger partial charge in [-0.3, -0.25) is 4.79 Å². The molecule has 3 heteroatoms. The van der Waals surface area contributed by atoms with Gasteiger partial charge in [0, 0.05) is 48.2 Å². The van der Waals surface area contributed by atoms with Crippen LogP contribution < -0.4 is 0 Å². The Hall–Kier alpha value is -1.77. The van der Waals surface area contributed by atoms with Crippen molar-refractivity contribution in [2.24, 2.45) is 5.92 Å². The molecule has 1 fully saturated rings. The molecule has 0 bridgehead atoms. The molecule has 1 amide bonds. The second-order valence-corrected chi connectivity index (χ2v) is 6.12. The molecule has 0 saturated heterocycles. The van der Waals surface area contributed by atoms with Crippen molar-refractivity contribution in [3.8, 4) is 0 Å². The maximum absolute atomic E-state index is 12.2. The quantitative estimate of drug-likeness (QED) is 0.821. The summed E-state index contributed by atoms with van der Waals surface area (Å²) in [5, 5.41) is 1.19. The molecule has 4 rings (SSSR count). The van der Waals surface area contributed by atoms with Gasteiger partial charge in [-0.25, -0.2) is 0 Å². The standard InChI is InChI=1S/C17H19N2O/c1-18(17(20)12-6-7-12)15-9-8-14-10-13-4-2-3-5-16(13)19(14)11-15/h2-5,12,15H,6-9,11H2,1H3/t15-/m1/s1. The Kier molecular flexibility index (Phi) is 2.62. The number of carbonyl (C=O) groups excluding carboxylic acids is 1. The highest BCUT2D eigenvalue weighted by Crippen LogP contribution is 2.33. The minimum Gasteiger partial charge on any atom is -0.342 e. The van der Waals surface area contributed by atoms with Crippen LogP contribution in [0.4, 0.5) is 0 Å². The number of aryl methyl sites for hydroxylation is 1. The summed E-state index contributed by atoms with van der Waals surface area (Å²) in [5.74, 6) is 0.660. The lowest BCUT2D eigenvalue weighted by molar-refractivity contribution is -0.133. The third-order valence-electron chi connectivity index (χ3n) is 4.73. The highest BCUT2D eigenvalue weighted by molar-refractivity contribution is 5.82. The van der Waals surface area contributed by atoms with Gasteiger partial charge in [-0.05, 0) is 31.7 Å². The van der Waals surface area contributed by atoms with Crippen molar-refractivity contribution in [2.75, 3.05) is 7.05 Å². The number of hydrogen-bond acceptors (Lipinski definition) is 1. The minimum atomic E-state index is 0.314. The summed E-state index contributed by atoms with van der Waals surface area (Å²) >= 11 is 0. The third-order valence-corrected chi connectivity index (χ3v) is 4.73. The van der Waals surface area contributed by atoms with Crippen LogP contribution in [0.5, 0.6) is 0 Å². The zero-order chi connectivity index (χ0) is 13.7. The van der Waals surface area contributed by atoms with E-state index in [0.717, 1.165) is 32.2 Å². The third kappa shape index (κ3) is 1.84. The number of carbonyl (C=O) groups is 1. The van der Waals surface area contributed by atoms with E-state index < -0.39 is 0 Å². The van der Waals surface area contributed by atoms with Gasteiger partial charge in [0.1, 0.15) is 0 Å². The molecule has 1 atom stereocenters. The smallest absolute Gasteiger partial charge is 0.225 e. The maximum Gasteiger partial charge on any atom is 0.225 e. The first-order chi connectivity index (χ1) is 9.74. The average Bonchev–Trinajstić information content (AvgIpc) is 3.26. The van der Waals surface area contributed by atoms with Crippen molar-refractivity contribution >= 4 is 16.8 Å². The van der Waals surface area contributed by atoms with Gasteiger partial charge in [0.05, 0.1) is 0 Å². The van der Waals surface area contributed by atoms with E-state index >= 15 is 0 Å². The number of amides is 1. The van der Waals surface area contributed by atoms with Crippen LogP contribution in [0.3, 0.4) is 0 Å². The zero-order valence-corrected chi connectivity index (χ0v) is 11.8. The van der Waals surface area contributed by atoms with Gasteiger partial charge >= 0.3 is 0 Å². The van der Waals surface area contributed by atoms with E-state index in [1.54, 1.807) is 0 Å². The van der Waals surface area contributed by atoms with E-state index in [2.05, 4.69) is 34.9 Å². The highest BCUT2D eigenvalue weighted by atomic mass is 16.2. The monoisotopic (exact) mass is 267 g/mol. The molecule has 103 valence electrons. The number of likely N-dealkylation sites (N-methyl/N-ethyl adjacent to an activating group) is 1. The molecular formula is C17H19N2O. The number of benzene rings is 1. The van der Waals surface area contributed by atoms with Crippen LogP contribution in [0.15, 0.2) is 24.3 Å². The molecule has 0 N–H and O–H groups in total. The van der Waals surface area contributed by atoms with Crippen LogP contribution in [0, 0.1) is 12.0 Å². The van der Waals surface area contributed by atoms with E-state index in [9.17, 15) is 4.79 Å². The van der Waals surface area contributed by atoms with Gasteiger partial charge in [-0.2, -0.15) is 0 Å². The number of nitrogens with zero attached hydrogens (tertiary/aromatic N) is 2. The molecule has 2 aromatic rings. The first-order valence-electron chi connectivity index (χ1n) is 7.50. The van der Waals surface area contributed by atoms with Gasteiger partial charge in [-0.1, -0.05) is 18.2 Å². The van der Waals surface area contributed by atoms with Gasteiger partial charge in [-0.15, -0.1) is 0 Å². The summed E-state index contributed by atoms with van der Waals surface area (Å²) in [5.41, 5.74) is 2.54. The SMILES string of the molecule is CN(C(=O)C1CC1)[C@@H]1CCc2[c]c3ccccc3n2C1. The normalized spacial score (nSPS) is 21.8. The summed E-state index contributed by atoms with van der Waals surface area (Å²) in [7, 11) is 1.98. The molecule has 1 aliphatic heterocycles. The van der Waals surface area contributed by atoms with E-state index in [1.165, 1.54) is 16.6 Å². The number of aromatic nitrogens is 1. The Morgan fingerprint density at radius 3 is 2.90 bits per heavy atom. The molecule has 1 radical (unpaired) electrons. The molecule has 1 aliphatic carbocycles. The molecule has 20 heavy (non-hydrogen) atoms. The predicted octanol–water partition coefficient (Wildman–Crippen LogP) is 2.62. The number of fused-ring (bicyclic) bond motifs is 3. The second-order valence-electron chi connectivity index (χ2n) is 6.12. The summed E-state index contributed by atoms with van der Waals surface area (Å²) in [6.07, 6.45) is 4.24. The Balaban J connectivity index is 1.63. The highest BCUT2D eigenvalue weighted by Gasteiger charge is 2.35. The van der Waals surface area contributed by atoms with Gasteiger partial charge in [0.2, 0.25) is 5.91 Å². The molecule has 2 aliphatic rings. The van der Waals surface area contributed by atoms with E-state index in [0.29, 0.717) is 17.9 Å². The molecule has 3 nitrogen and oxygen atoms in total. The minimum absolute atomic E-state index is 0.314. The Morgan fingerprint density at radius 1 is 1.30 bits per heavy atom.